The van der Waals surface area contributed by atoms with Crippen molar-refractivity contribution in [2.45, 2.75) is 19.8 Å². The number of phenolic OH excluding ortho intramolecular Hbond substituents is 2. The first-order valence-corrected chi connectivity index (χ1v) is 9.16. The lowest BCUT2D eigenvalue weighted by Gasteiger charge is -2.31. The van der Waals surface area contributed by atoms with Crippen molar-refractivity contribution < 1.29 is 19.8 Å². The number of amides is 2. The Labute approximate surface area is 163 Å². The van der Waals surface area contributed by atoms with Gasteiger partial charge in [0.15, 0.2) is 0 Å². The van der Waals surface area contributed by atoms with Crippen LogP contribution in [0.2, 0.25) is 0 Å². The number of nitrogens with zero attached hydrogens (tertiary/aromatic N) is 2. The first kappa shape index (κ1) is 19.4. The third-order valence-corrected chi connectivity index (χ3v) is 4.88. The Balaban J connectivity index is 1.54. The monoisotopic (exact) mass is 381 g/mol. The minimum atomic E-state index is -0.218. The van der Waals surface area contributed by atoms with Gasteiger partial charge in [-0.2, -0.15) is 5.10 Å². The number of piperidine rings is 1. The van der Waals surface area contributed by atoms with E-state index in [9.17, 15) is 19.8 Å². The van der Waals surface area contributed by atoms with E-state index < -0.39 is 0 Å². The van der Waals surface area contributed by atoms with Crippen molar-refractivity contribution in [3.63, 3.8) is 0 Å². The highest BCUT2D eigenvalue weighted by Crippen LogP contribution is 2.23. The molecule has 0 aromatic heterocycles. The summed E-state index contributed by atoms with van der Waals surface area (Å²) in [6.07, 6.45) is 1.15. The molecule has 2 amide bonds. The number of aromatic hydroxyl groups is 2. The number of phenols is 2. The quantitative estimate of drug-likeness (QED) is 0.559. The molecule has 28 heavy (non-hydrogen) atoms. The number of carbonyl (C=O) groups is 2. The third kappa shape index (κ3) is 4.49. The molecule has 1 aliphatic heterocycles. The fourth-order valence-electron chi connectivity index (χ4n) is 3.22. The Morgan fingerprint density at radius 3 is 2.39 bits per heavy atom. The van der Waals surface area contributed by atoms with Gasteiger partial charge in [0.1, 0.15) is 11.5 Å². The van der Waals surface area contributed by atoms with E-state index in [1.807, 2.05) is 18.2 Å². The normalized spacial score (nSPS) is 15.3. The summed E-state index contributed by atoms with van der Waals surface area (Å²) < 4.78 is 0. The van der Waals surface area contributed by atoms with E-state index in [1.54, 1.807) is 24.0 Å². The fourth-order valence-corrected chi connectivity index (χ4v) is 3.22. The number of carbonyl (C=O) groups excluding carboxylic acids is 2. The second kappa shape index (κ2) is 8.56. The SMILES string of the molecule is CC(=NNC(=O)C1CCN(C(=O)c2ccccc2)CC1)c1ccc(O)cc1O. The van der Waals surface area contributed by atoms with E-state index in [-0.39, 0.29) is 29.2 Å². The largest absolute Gasteiger partial charge is 0.508 e. The van der Waals surface area contributed by atoms with Crippen molar-refractivity contribution in [3.8, 4) is 11.5 Å². The molecule has 2 aromatic carbocycles. The topological polar surface area (TPSA) is 102 Å². The number of rotatable bonds is 4. The van der Waals surface area contributed by atoms with E-state index in [2.05, 4.69) is 10.5 Å². The zero-order valence-electron chi connectivity index (χ0n) is 15.6. The van der Waals surface area contributed by atoms with Gasteiger partial charge in [0.25, 0.3) is 5.91 Å². The molecule has 0 saturated carbocycles. The third-order valence-electron chi connectivity index (χ3n) is 4.88. The Hall–Kier alpha value is -3.35. The van der Waals surface area contributed by atoms with Gasteiger partial charge < -0.3 is 15.1 Å². The second-order valence-electron chi connectivity index (χ2n) is 6.81. The summed E-state index contributed by atoms with van der Waals surface area (Å²) in [7, 11) is 0. The van der Waals surface area contributed by atoms with Crippen LogP contribution in [-0.2, 0) is 4.79 Å². The van der Waals surface area contributed by atoms with Crippen LogP contribution in [0.1, 0.15) is 35.7 Å². The Morgan fingerprint density at radius 2 is 1.75 bits per heavy atom. The summed E-state index contributed by atoms with van der Waals surface area (Å²) in [4.78, 5) is 26.6. The van der Waals surface area contributed by atoms with E-state index in [0.717, 1.165) is 0 Å². The van der Waals surface area contributed by atoms with Gasteiger partial charge in [0.2, 0.25) is 5.91 Å². The molecule has 0 radical (unpaired) electrons. The molecule has 146 valence electrons. The average molecular weight is 381 g/mol. The molecule has 1 aliphatic rings. The van der Waals surface area contributed by atoms with Crippen LogP contribution >= 0.6 is 0 Å². The van der Waals surface area contributed by atoms with Crippen molar-refractivity contribution in [1.82, 2.24) is 10.3 Å². The van der Waals surface area contributed by atoms with Gasteiger partial charge in [-0.15, -0.1) is 0 Å². The molecule has 2 aromatic rings. The predicted molar refractivity (Wildman–Crippen MR) is 105 cm³/mol. The van der Waals surface area contributed by atoms with Crippen molar-refractivity contribution >= 4 is 17.5 Å². The van der Waals surface area contributed by atoms with Crippen LogP contribution in [0.3, 0.4) is 0 Å². The zero-order chi connectivity index (χ0) is 20.1. The number of hydrogen-bond donors (Lipinski definition) is 3. The van der Waals surface area contributed by atoms with Gasteiger partial charge >= 0.3 is 0 Å². The molecule has 1 saturated heterocycles. The summed E-state index contributed by atoms with van der Waals surface area (Å²) in [5, 5.41) is 23.3. The highest BCUT2D eigenvalue weighted by atomic mass is 16.3. The van der Waals surface area contributed by atoms with Gasteiger partial charge in [-0.3, -0.25) is 9.59 Å². The molecule has 7 heteroatoms. The smallest absolute Gasteiger partial charge is 0.253 e. The first-order valence-electron chi connectivity index (χ1n) is 9.16. The highest BCUT2D eigenvalue weighted by molar-refractivity contribution is 6.01. The van der Waals surface area contributed by atoms with Crippen LogP contribution in [0.25, 0.3) is 0 Å². The van der Waals surface area contributed by atoms with Gasteiger partial charge in [-0.1, -0.05) is 18.2 Å². The number of nitrogens with one attached hydrogen (secondary N) is 1. The van der Waals surface area contributed by atoms with Crippen molar-refractivity contribution in [2.75, 3.05) is 13.1 Å². The van der Waals surface area contributed by atoms with Crippen LogP contribution < -0.4 is 5.43 Å². The van der Waals surface area contributed by atoms with Gasteiger partial charge in [0, 0.05) is 36.2 Å². The maximum atomic E-state index is 12.5. The molecular formula is C21H23N3O4. The average Bonchev–Trinajstić information content (AvgIpc) is 2.72. The lowest BCUT2D eigenvalue weighted by Crippen LogP contribution is -2.42. The lowest BCUT2D eigenvalue weighted by atomic mass is 9.95. The number of likely N-dealkylation sites (tertiary alicyclic amines) is 1. The molecule has 7 nitrogen and oxygen atoms in total. The van der Waals surface area contributed by atoms with E-state index in [1.165, 1.54) is 18.2 Å². The fraction of sp³-hybridized carbons (Fsp3) is 0.286. The van der Waals surface area contributed by atoms with Crippen LogP contribution in [0.4, 0.5) is 0 Å². The zero-order valence-corrected chi connectivity index (χ0v) is 15.6. The minimum absolute atomic E-state index is 0.0175. The van der Waals surface area contributed by atoms with E-state index in [0.29, 0.717) is 42.8 Å². The molecule has 0 atom stereocenters. The van der Waals surface area contributed by atoms with Crippen molar-refractivity contribution in [1.29, 1.82) is 0 Å². The Bertz CT molecular complexity index is 888. The maximum Gasteiger partial charge on any atom is 0.253 e. The Morgan fingerprint density at radius 1 is 1.07 bits per heavy atom. The number of hydrazone groups is 1. The number of benzene rings is 2. The summed E-state index contributed by atoms with van der Waals surface area (Å²) in [6.45, 7) is 2.70. The first-order chi connectivity index (χ1) is 13.5. The molecule has 3 rings (SSSR count). The van der Waals surface area contributed by atoms with Crippen LogP contribution in [0.15, 0.2) is 53.6 Å². The van der Waals surface area contributed by atoms with Gasteiger partial charge in [-0.25, -0.2) is 5.43 Å². The Kier molecular flexibility index (Phi) is 5.93. The molecule has 3 N–H and O–H groups in total. The van der Waals surface area contributed by atoms with Crippen molar-refractivity contribution in [3.05, 3.63) is 59.7 Å². The van der Waals surface area contributed by atoms with E-state index in [4.69, 9.17) is 0 Å². The van der Waals surface area contributed by atoms with Crippen LogP contribution in [-0.4, -0.2) is 45.7 Å². The highest BCUT2D eigenvalue weighted by Gasteiger charge is 2.27. The second-order valence-corrected chi connectivity index (χ2v) is 6.81. The summed E-state index contributed by atoms with van der Waals surface area (Å²) in [5.74, 6) is -0.594. The lowest BCUT2D eigenvalue weighted by molar-refractivity contribution is -0.126. The van der Waals surface area contributed by atoms with E-state index >= 15 is 0 Å². The van der Waals surface area contributed by atoms with Gasteiger partial charge in [-0.05, 0) is 44.0 Å². The number of hydrogen-bond acceptors (Lipinski definition) is 5. The van der Waals surface area contributed by atoms with Crippen LogP contribution in [0, 0.1) is 5.92 Å². The summed E-state index contributed by atoms with van der Waals surface area (Å²) >= 11 is 0. The summed E-state index contributed by atoms with van der Waals surface area (Å²) in [5.41, 5.74) is 4.06. The molecule has 0 spiro atoms. The predicted octanol–water partition coefficient (Wildman–Crippen LogP) is 2.49. The molecular weight excluding hydrogens is 358 g/mol. The molecule has 0 bridgehead atoms. The van der Waals surface area contributed by atoms with Crippen LogP contribution in [0.5, 0.6) is 11.5 Å². The van der Waals surface area contributed by atoms with Gasteiger partial charge in [0.05, 0.1) is 5.71 Å². The molecule has 1 heterocycles. The summed E-state index contributed by atoms with van der Waals surface area (Å²) in [6, 6.07) is 13.3. The molecule has 0 unspecified atom stereocenters. The van der Waals surface area contributed by atoms with Crippen molar-refractivity contribution in [2.24, 2.45) is 11.0 Å². The molecule has 0 aliphatic carbocycles. The standard InChI is InChI=1S/C21H23N3O4/c1-14(18-8-7-17(25)13-19(18)26)22-23-20(27)15-9-11-24(12-10-15)21(28)16-5-3-2-4-6-16/h2-8,13,15,25-26H,9-12H2,1H3,(H,23,27). The molecule has 1 fully saturated rings. The minimum Gasteiger partial charge on any atom is -0.508 e. The maximum absolute atomic E-state index is 12.5.